The third kappa shape index (κ3) is 6.56. The van der Waals surface area contributed by atoms with Gasteiger partial charge in [-0.3, -0.25) is 4.98 Å². The molecular weight excluding hydrogens is 208 g/mol. The van der Waals surface area contributed by atoms with E-state index in [1.165, 1.54) is 32.1 Å². The minimum Gasteiger partial charge on any atom is -1.00 e. The first kappa shape index (κ1) is 14.5. The van der Waals surface area contributed by atoms with Gasteiger partial charge in [0, 0.05) is 0 Å². The lowest BCUT2D eigenvalue weighted by Gasteiger charge is -2.08. The van der Waals surface area contributed by atoms with Crippen molar-refractivity contribution in [2.24, 2.45) is 5.92 Å². The zero-order valence-electron chi connectivity index (χ0n) is 9.88. The third-order valence-corrected chi connectivity index (χ3v) is 2.78. The van der Waals surface area contributed by atoms with Crippen molar-refractivity contribution in [3.8, 4) is 0 Å². The van der Waals surface area contributed by atoms with Crippen LogP contribution >= 0.6 is 0 Å². The first-order valence-electron chi connectivity index (χ1n) is 5.84. The average molecular weight is 231 g/mol. The van der Waals surface area contributed by atoms with Crippen LogP contribution in [0.1, 0.15) is 46.0 Å². The van der Waals surface area contributed by atoms with E-state index in [4.69, 9.17) is 0 Å². The molecule has 0 bridgehead atoms. The fourth-order valence-electron chi connectivity index (χ4n) is 1.72. The van der Waals surface area contributed by atoms with Crippen molar-refractivity contribution in [1.82, 2.24) is 4.98 Å². The maximum Gasteiger partial charge on any atom is 0.241 e. The van der Waals surface area contributed by atoms with Crippen molar-refractivity contribution in [3.63, 3.8) is 0 Å². The van der Waals surface area contributed by atoms with E-state index in [2.05, 4.69) is 29.6 Å². The number of hydrogen-bond acceptors (Lipinski definition) is 0. The largest absolute Gasteiger partial charge is 1.00 e. The smallest absolute Gasteiger partial charge is 0.241 e. The van der Waals surface area contributed by atoms with Crippen LogP contribution in [0.25, 0.3) is 0 Å². The Morgan fingerprint density at radius 1 is 1.27 bits per heavy atom. The molecule has 0 aliphatic rings. The standard InChI is InChI=1S/C12H22N2.ClH/c1-3-4-5-6-12(2)7-9-14-10-8-13-11-14;/h8,10-12H,3-7,9H2,1-2H3;1H/t12-;/m1./s1. The van der Waals surface area contributed by atoms with Gasteiger partial charge in [-0.15, -0.1) is 0 Å². The van der Waals surface area contributed by atoms with Gasteiger partial charge in [0.2, 0.25) is 6.33 Å². The first-order chi connectivity index (χ1) is 6.83. The molecule has 0 aliphatic carbocycles. The van der Waals surface area contributed by atoms with Crippen LogP contribution in [0.5, 0.6) is 0 Å². The molecule has 88 valence electrons. The molecular formula is C12H23ClN2. The van der Waals surface area contributed by atoms with Gasteiger partial charge >= 0.3 is 0 Å². The molecule has 0 aromatic carbocycles. The summed E-state index contributed by atoms with van der Waals surface area (Å²) >= 11 is 0. The molecule has 0 amide bonds. The SMILES string of the molecule is CCCCC[C@@H](C)CC[n+]1cc[nH]c1.[Cl-]. The summed E-state index contributed by atoms with van der Waals surface area (Å²) in [7, 11) is 0. The molecule has 1 aromatic heterocycles. The van der Waals surface area contributed by atoms with E-state index in [0.717, 1.165) is 12.5 Å². The van der Waals surface area contributed by atoms with Gasteiger partial charge in [-0.05, 0) is 12.3 Å². The second-order valence-corrected chi connectivity index (χ2v) is 4.24. The van der Waals surface area contributed by atoms with Gasteiger partial charge in [-0.1, -0.05) is 39.5 Å². The number of nitrogens with one attached hydrogen (secondary N) is 1. The molecule has 0 unspecified atom stereocenters. The second-order valence-electron chi connectivity index (χ2n) is 4.24. The van der Waals surface area contributed by atoms with Crippen molar-refractivity contribution in [1.29, 1.82) is 0 Å². The number of imidazole rings is 1. The quantitative estimate of drug-likeness (QED) is 0.499. The highest BCUT2D eigenvalue weighted by atomic mass is 35.5. The van der Waals surface area contributed by atoms with Gasteiger partial charge in [0.25, 0.3) is 0 Å². The lowest BCUT2D eigenvalue weighted by atomic mass is 10.00. The Morgan fingerprint density at radius 3 is 2.67 bits per heavy atom. The molecule has 0 spiro atoms. The molecule has 1 aromatic rings. The number of halogens is 1. The Bertz CT molecular complexity index is 222. The summed E-state index contributed by atoms with van der Waals surface area (Å²) in [6.07, 6.45) is 12.9. The molecule has 2 nitrogen and oxygen atoms in total. The number of nitrogens with zero attached hydrogens (tertiary/aromatic N) is 1. The predicted octanol–water partition coefficient (Wildman–Crippen LogP) is -0.0873. The Labute approximate surface area is 99.5 Å². The van der Waals surface area contributed by atoms with Gasteiger partial charge in [0.1, 0.15) is 12.4 Å². The molecule has 0 radical (unpaired) electrons. The first-order valence-corrected chi connectivity index (χ1v) is 5.84. The van der Waals surface area contributed by atoms with E-state index in [9.17, 15) is 0 Å². The summed E-state index contributed by atoms with van der Waals surface area (Å²) in [5.74, 6) is 0.865. The number of rotatable bonds is 7. The van der Waals surface area contributed by atoms with E-state index in [1.807, 2.05) is 12.5 Å². The maximum absolute atomic E-state index is 3.07. The number of hydrogen-bond donors (Lipinski definition) is 1. The van der Waals surface area contributed by atoms with Gasteiger partial charge in [0.15, 0.2) is 0 Å². The maximum atomic E-state index is 3.07. The summed E-state index contributed by atoms with van der Waals surface area (Å²) in [6.45, 7) is 5.78. The molecule has 0 aliphatic heterocycles. The zero-order chi connectivity index (χ0) is 10.2. The lowest BCUT2D eigenvalue weighted by Crippen LogP contribution is -3.00. The average Bonchev–Trinajstić information content (AvgIpc) is 2.68. The van der Waals surface area contributed by atoms with Crippen molar-refractivity contribution in [2.75, 3.05) is 0 Å². The van der Waals surface area contributed by atoms with E-state index >= 15 is 0 Å². The number of aromatic amines is 1. The molecule has 0 fully saturated rings. The summed E-state index contributed by atoms with van der Waals surface area (Å²) in [5.41, 5.74) is 0. The van der Waals surface area contributed by atoms with Crippen LogP contribution in [-0.2, 0) is 6.54 Å². The molecule has 1 heterocycles. The highest BCUT2D eigenvalue weighted by molar-refractivity contribution is 4.56. The number of unbranched alkanes of at least 4 members (excludes halogenated alkanes) is 2. The number of aryl methyl sites for hydroxylation is 1. The van der Waals surface area contributed by atoms with E-state index in [-0.39, 0.29) is 12.4 Å². The Hall–Kier alpha value is -0.500. The van der Waals surface area contributed by atoms with Crippen molar-refractivity contribution < 1.29 is 17.0 Å². The van der Waals surface area contributed by atoms with Crippen LogP contribution < -0.4 is 17.0 Å². The molecule has 1 N–H and O–H groups in total. The molecule has 15 heavy (non-hydrogen) atoms. The highest BCUT2D eigenvalue weighted by Gasteiger charge is 2.04. The van der Waals surface area contributed by atoms with Gasteiger partial charge in [-0.2, -0.15) is 0 Å². The zero-order valence-corrected chi connectivity index (χ0v) is 10.6. The van der Waals surface area contributed by atoms with E-state index < -0.39 is 0 Å². The molecule has 0 saturated heterocycles. The van der Waals surface area contributed by atoms with Crippen LogP contribution in [0.15, 0.2) is 18.7 Å². The van der Waals surface area contributed by atoms with Crippen LogP contribution in [0, 0.1) is 5.92 Å². The van der Waals surface area contributed by atoms with Crippen LogP contribution in [0.3, 0.4) is 0 Å². The summed E-state index contributed by atoms with van der Waals surface area (Å²) in [4.78, 5) is 3.07. The second kappa shape index (κ2) is 8.78. The third-order valence-electron chi connectivity index (χ3n) is 2.78. The fraction of sp³-hybridized carbons (Fsp3) is 0.750. The number of aromatic nitrogens is 2. The Kier molecular flexibility index (Phi) is 8.49. The summed E-state index contributed by atoms with van der Waals surface area (Å²) < 4.78 is 2.22. The highest BCUT2D eigenvalue weighted by Crippen LogP contribution is 2.12. The predicted molar refractivity (Wildman–Crippen MR) is 58.9 cm³/mol. The van der Waals surface area contributed by atoms with Crippen molar-refractivity contribution in [3.05, 3.63) is 18.7 Å². The normalized spacial score (nSPS) is 12.1. The monoisotopic (exact) mass is 230 g/mol. The Morgan fingerprint density at radius 2 is 2.07 bits per heavy atom. The van der Waals surface area contributed by atoms with Gasteiger partial charge in [-0.25, -0.2) is 4.57 Å². The fourth-order valence-corrected chi connectivity index (χ4v) is 1.72. The van der Waals surface area contributed by atoms with Crippen molar-refractivity contribution in [2.45, 2.75) is 52.5 Å². The molecule has 1 rings (SSSR count). The summed E-state index contributed by atoms with van der Waals surface area (Å²) in [6, 6.07) is 0. The van der Waals surface area contributed by atoms with Crippen LogP contribution in [0.2, 0.25) is 0 Å². The van der Waals surface area contributed by atoms with Crippen LogP contribution in [-0.4, -0.2) is 4.98 Å². The molecule has 3 heteroatoms. The van der Waals surface area contributed by atoms with Crippen LogP contribution in [0.4, 0.5) is 0 Å². The Balaban J connectivity index is 0.00000196. The summed E-state index contributed by atoms with van der Waals surface area (Å²) in [5, 5.41) is 0. The topological polar surface area (TPSA) is 19.7 Å². The lowest BCUT2D eigenvalue weighted by molar-refractivity contribution is -0.696. The molecule has 1 atom stereocenters. The van der Waals surface area contributed by atoms with E-state index in [0.29, 0.717) is 0 Å². The minimum atomic E-state index is 0. The molecule has 0 saturated carbocycles. The van der Waals surface area contributed by atoms with E-state index in [1.54, 1.807) is 0 Å². The van der Waals surface area contributed by atoms with Crippen molar-refractivity contribution >= 4 is 0 Å². The minimum absolute atomic E-state index is 0. The number of H-pyrrole nitrogens is 1. The van der Waals surface area contributed by atoms with Gasteiger partial charge in [0.05, 0.1) is 6.54 Å². The van der Waals surface area contributed by atoms with Gasteiger partial charge < -0.3 is 12.4 Å².